The number of amidine groups is 1. The normalized spacial score (nSPS) is 21.1. The van der Waals surface area contributed by atoms with Gasteiger partial charge < -0.3 is 15.7 Å². The Labute approximate surface area is 108 Å². The van der Waals surface area contributed by atoms with Crippen molar-refractivity contribution >= 4 is 11.5 Å². The number of aryl methyl sites for hydroxylation is 1. The SMILES string of the molecule is Cc1cccc(C(=N)N)c1N1CCC(C(C)O)C1. The van der Waals surface area contributed by atoms with Crippen LogP contribution in [0.4, 0.5) is 5.69 Å². The van der Waals surface area contributed by atoms with Crippen molar-refractivity contribution in [2.45, 2.75) is 26.4 Å². The van der Waals surface area contributed by atoms with Crippen LogP contribution in [-0.4, -0.2) is 30.1 Å². The number of rotatable bonds is 3. The molecule has 98 valence electrons. The lowest BCUT2D eigenvalue weighted by molar-refractivity contribution is 0.136. The van der Waals surface area contributed by atoms with Crippen LogP contribution in [0.3, 0.4) is 0 Å². The summed E-state index contributed by atoms with van der Waals surface area (Å²) in [5.41, 5.74) is 8.63. The van der Waals surface area contributed by atoms with Gasteiger partial charge in [0.1, 0.15) is 5.84 Å². The summed E-state index contributed by atoms with van der Waals surface area (Å²) in [5, 5.41) is 17.3. The molecule has 4 N–H and O–H groups in total. The fourth-order valence-electron chi connectivity index (χ4n) is 2.68. The summed E-state index contributed by atoms with van der Waals surface area (Å²) in [7, 11) is 0. The number of benzene rings is 1. The molecule has 0 bridgehead atoms. The van der Waals surface area contributed by atoms with Crippen molar-refractivity contribution in [3.8, 4) is 0 Å². The van der Waals surface area contributed by atoms with E-state index in [2.05, 4.69) is 4.90 Å². The average Bonchev–Trinajstić information content (AvgIpc) is 2.77. The summed E-state index contributed by atoms with van der Waals surface area (Å²) in [5.74, 6) is 0.415. The van der Waals surface area contributed by atoms with Gasteiger partial charge in [-0.2, -0.15) is 0 Å². The summed E-state index contributed by atoms with van der Waals surface area (Å²) in [6.45, 7) is 5.64. The molecule has 0 spiro atoms. The van der Waals surface area contributed by atoms with Gasteiger partial charge in [0.15, 0.2) is 0 Å². The highest BCUT2D eigenvalue weighted by molar-refractivity contribution is 6.01. The molecule has 0 aromatic heterocycles. The lowest BCUT2D eigenvalue weighted by atomic mass is 10.0. The van der Waals surface area contributed by atoms with E-state index in [1.165, 1.54) is 0 Å². The third-order valence-corrected chi connectivity index (χ3v) is 3.75. The zero-order chi connectivity index (χ0) is 13.3. The maximum absolute atomic E-state index is 9.67. The van der Waals surface area contributed by atoms with Crippen LogP contribution in [0.15, 0.2) is 18.2 Å². The van der Waals surface area contributed by atoms with Crippen LogP contribution >= 0.6 is 0 Å². The maximum atomic E-state index is 9.67. The van der Waals surface area contributed by atoms with Crippen molar-refractivity contribution in [2.75, 3.05) is 18.0 Å². The van der Waals surface area contributed by atoms with Crippen molar-refractivity contribution in [2.24, 2.45) is 11.7 Å². The molecule has 0 radical (unpaired) electrons. The Hall–Kier alpha value is -1.55. The van der Waals surface area contributed by atoms with Gasteiger partial charge in [-0.1, -0.05) is 12.1 Å². The summed E-state index contributed by atoms with van der Waals surface area (Å²) in [6, 6.07) is 5.86. The predicted octanol–water partition coefficient (Wildman–Crippen LogP) is 1.49. The molecular weight excluding hydrogens is 226 g/mol. The van der Waals surface area contributed by atoms with E-state index in [0.29, 0.717) is 5.92 Å². The van der Waals surface area contributed by atoms with Gasteiger partial charge in [-0.05, 0) is 31.9 Å². The molecule has 1 aromatic rings. The van der Waals surface area contributed by atoms with Crippen LogP contribution < -0.4 is 10.6 Å². The van der Waals surface area contributed by atoms with Crippen molar-refractivity contribution in [3.05, 3.63) is 29.3 Å². The smallest absolute Gasteiger partial charge is 0.124 e. The van der Waals surface area contributed by atoms with Crippen molar-refractivity contribution in [3.63, 3.8) is 0 Å². The molecule has 0 aliphatic carbocycles. The van der Waals surface area contributed by atoms with Gasteiger partial charge in [0.25, 0.3) is 0 Å². The first-order valence-corrected chi connectivity index (χ1v) is 6.37. The molecule has 2 unspecified atom stereocenters. The second kappa shape index (κ2) is 4.98. The molecule has 4 heteroatoms. The summed E-state index contributed by atoms with van der Waals surface area (Å²) in [6.07, 6.45) is 0.711. The Bertz CT molecular complexity index is 456. The number of aliphatic hydroxyl groups excluding tert-OH is 1. The number of nitrogens with one attached hydrogen (secondary N) is 1. The predicted molar refractivity (Wildman–Crippen MR) is 74.2 cm³/mol. The topological polar surface area (TPSA) is 73.3 Å². The number of para-hydroxylation sites is 1. The summed E-state index contributed by atoms with van der Waals surface area (Å²) in [4.78, 5) is 2.24. The molecule has 2 rings (SSSR count). The molecule has 1 aliphatic rings. The number of nitrogen functional groups attached to an aromatic ring is 1. The molecule has 18 heavy (non-hydrogen) atoms. The largest absolute Gasteiger partial charge is 0.393 e. The molecular formula is C14H21N3O. The number of hydrogen-bond acceptors (Lipinski definition) is 3. The van der Waals surface area contributed by atoms with Gasteiger partial charge in [-0.15, -0.1) is 0 Å². The van der Waals surface area contributed by atoms with E-state index in [1.807, 2.05) is 32.0 Å². The number of hydrogen-bond donors (Lipinski definition) is 3. The van der Waals surface area contributed by atoms with Gasteiger partial charge in [0.2, 0.25) is 0 Å². The van der Waals surface area contributed by atoms with Gasteiger partial charge in [-0.25, -0.2) is 0 Å². The van der Waals surface area contributed by atoms with Crippen LogP contribution in [0.2, 0.25) is 0 Å². The molecule has 1 aliphatic heterocycles. The zero-order valence-electron chi connectivity index (χ0n) is 11.0. The van der Waals surface area contributed by atoms with Crippen molar-refractivity contribution in [1.29, 1.82) is 5.41 Å². The highest BCUT2D eigenvalue weighted by Gasteiger charge is 2.28. The molecule has 2 atom stereocenters. The molecule has 1 saturated heterocycles. The van der Waals surface area contributed by atoms with E-state index >= 15 is 0 Å². The second-order valence-corrected chi connectivity index (χ2v) is 5.12. The van der Waals surface area contributed by atoms with E-state index in [4.69, 9.17) is 11.1 Å². The first-order chi connectivity index (χ1) is 8.50. The van der Waals surface area contributed by atoms with E-state index in [0.717, 1.165) is 36.3 Å². The molecule has 4 nitrogen and oxygen atoms in total. The molecule has 1 heterocycles. The van der Waals surface area contributed by atoms with E-state index in [1.54, 1.807) is 0 Å². The Balaban J connectivity index is 2.32. The maximum Gasteiger partial charge on any atom is 0.124 e. The van der Waals surface area contributed by atoms with Crippen LogP contribution in [0.25, 0.3) is 0 Å². The second-order valence-electron chi connectivity index (χ2n) is 5.12. The van der Waals surface area contributed by atoms with Gasteiger partial charge in [-0.3, -0.25) is 5.41 Å². The Morgan fingerprint density at radius 2 is 2.28 bits per heavy atom. The third-order valence-electron chi connectivity index (χ3n) is 3.75. The van der Waals surface area contributed by atoms with E-state index in [-0.39, 0.29) is 11.9 Å². The fourth-order valence-corrected chi connectivity index (χ4v) is 2.68. The van der Waals surface area contributed by atoms with E-state index < -0.39 is 0 Å². The minimum absolute atomic E-state index is 0.106. The number of nitrogens with two attached hydrogens (primary N) is 1. The Morgan fingerprint density at radius 1 is 1.56 bits per heavy atom. The molecule has 0 amide bonds. The van der Waals surface area contributed by atoms with Crippen LogP contribution in [-0.2, 0) is 0 Å². The lowest BCUT2D eigenvalue weighted by Crippen LogP contribution is -2.27. The van der Waals surface area contributed by atoms with Crippen LogP contribution in [0.1, 0.15) is 24.5 Å². The standard InChI is InChI=1S/C14H21N3O/c1-9-4-3-5-12(14(15)16)13(9)17-7-6-11(8-17)10(2)18/h3-5,10-11,18H,6-8H2,1-2H3,(H3,15,16). The summed E-state index contributed by atoms with van der Waals surface area (Å²) >= 11 is 0. The molecule has 1 aromatic carbocycles. The fraction of sp³-hybridized carbons (Fsp3) is 0.500. The number of nitrogens with zero attached hydrogens (tertiary/aromatic N) is 1. The Morgan fingerprint density at radius 3 is 2.83 bits per heavy atom. The van der Waals surface area contributed by atoms with Crippen molar-refractivity contribution in [1.82, 2.24) is 0 Å². The average molecular weight is 247 g/mol. The quantitative estimate of drug-likeness (QED) is 0.559. The number of aliphatic hydroxyl groups is 1. The lowest BCUT2D eigenvalue weighted by Gasteiger charge is -2.24. The third kappa shape index (κ3) is 2.34. The monoisotopic (exact) mass is 247 g/mol. The first kappa shape index (κ1) is 12.9. The van der Waals surface area contributed by atoms with Crippen LogP contribution in [0.5, 0.6) is 0 Å². The van der Waals surface area contributed by atoms with E-state index in [9.17, 15) is 5.11 Å². The minimum Gasteiger partial charge on any atom is -0.393 e. The molecule has 0 saturated carbocycles. The Kier molecular flexibility index (Phi) is 3.57. The molecule has 1 fully saturated rings. The highest BCUT2D eigenvalue weighted by atomic mass is 16.3. The van der Waals surface area contributed by atoms with Crippen LogP contribution in [0, 0.1) is 18.3 Å². The first-order valence-electron chi connectivity index (χ1n) is 6.37. The number of anilines is 1. The van der Waals surface area contributed by atoms with Gasteiger partial charge in [0, 0.05) is 24.6 Å². The van der Waals surface area contributed by atoms with Crippen molar-refractivity contribution < 1.29 is 5.11 Å². The van der Waals surface area contributed by atoms with Gasteiger partial charge in [0.05, 0.1) is 11.8 Å². The minimum atomic E-state index is -0.278. The highest BCUT2D eigenvalue weighted by Crippen LogP contribution is 2.31. The van der Waals surface area contributed by atoms with Gasteiger partial charge >= 0.3 is 0 Å². The zero-order valence-corrected chi connectivity index (χ0v) is 11.0. The summed E-state index contributed by atoms with van der Waals surface area (Å²) < 4.78 is 0.